The first-order chi connectivity index (χ1) is 8.06. The van der Waals surface area contributed by atoms with Crippen molar-refractivity contribution in [2.45, 2.75) is 20.3 Å². The highest BCUT2D eigenvalue weighted by Crippen LogP contribution is 2.15. The molecule has 94 valence electrons. The van der Waals surface area contributed by atoms with Crippen molar-refractivity contribution >= 4 is 11.9 Å². The maximum absolute atomic E-state index is 10.5. The molecule has 0 saturated carbocycles. The minimum atomic E-state index is -0.830. The number of carbonyl (C=O) groups is 1. The molecule has 1 N–H and O–H groups in total. The van der Waals surface area contributed by atoms with Gasteiger partial charge in [-0.3, -0.25) is 4.79 Å². The molecule has 0 aliphatic carbocycles. The number of carboxylic acids is 1. The van der Waals surface area contributed by atoms with E-state index in [1.165, 1.54) is 0 Å². The third kappa shape index (κ3) is 3.90. The number of hydrogen-bond donors (Lipinski definition) is 1. The molecule has 1 rings (SSSR count). The van der Waals surface area contributed by atoms with E-state index in [2.05, 4.69) is 9.97 Å². The van der Waals surface area contributed by atoms with Crippen LogP contribution >= 0.6 is 0 Å². The summed E-state index contributed by atoms with van der Waals surface area (Å²) in [5.41, 5.74) is 0.792. The van der Waals surface area contributed by atoms with Gasteiger partial charge in [-0.2, -0.15) is 4.98 Å². The molecule has 0 saturated heterocycles. The zero-order valence-corrected chi connectivity index (χ0v) is 10.3. The highest BCUT2D eigenvalue weighted by molar-refractivity contribution is 5.67. The highest BCUT2D eigenvalue weighted by atomic mass is 16.5. The predicted octanol–water partition coefficient (Wildman–Crippen LogP) is 1.09. The molecule has 0 atom stereocenters. The molecule has 0 fully saturated rings. The average molecular weight is 239 g/mol. The number of rotatable bonds is 6. The second-order valence-electron chi connectivity index (χ2n) is 3.58. The lowest BCUT2D eigenvalue weighted by Gasteiger charge is -2.20. The molecule has 1 aromatic heterocycles. The van der Waals surface area contributed by atoms with E-state index in [9.17, 15) is 4.79 Å². The fourth-order valence-corrected chi connectivity index (χ4v) is 1.40. The van der Waals surface area contributed by atoms with Crippen LogP contribution in [-0.4, -0.2) is 41.2 Å². The largest absolute Gasteiger partial charge is 0.481 e. The zero-order valence-electron chi connectivity index (χ0n) is 10.3. The van der Waals surface area contributed by atoms with Gasteiger partial charge in [-0.05, 0) is 13.8 Å². The number of ether oxygens (including phenoxy) is 1. The lowest BCUT2D eigenvalue weighted by molar-refractivity contribution is -0.136. The third-order valence-electron chi connectivity index (χ3n) is 2.29. The third-order valence-corrected chi connectivity index (χ3v) is 2.29. The van der Waals surface area contributed by atoms with Gasteiger partial charge in [0.15, 0.2) is 0 Å². The molecule has 0 unspecified atom stereocenters. The monoisotopic (exact) mass is 239 g/mol. The van der Waals surface area contributed by atoms with Crippen molar-refractivity contribution in [1.29, 1.82) is 0 Å². The topological polar surface area (TPSA) is 75.6 Å². The van der Waals surface area contributed by atoms with Gasteiger partial charge in [0.05, 0.1) is 13.5 Å². The van der Waals surface area contributed by atoms with E-state index >= 15 is 0 Å². The van der Waals surface area contributed by atoms with Crippen molar-refractivity contribution in [2.75, 3.05) is 25.1 Å². The molecule has 0 spiro atoms. The Bertz CT molecular complexity index is 396. The highest BCUT2D eigenvalue weighted by Gasteiger charge is 2.11. The fraction of sp³-hybridized carbons (Fsp3) is 0.545. The van der Waals surface area contributed by atoms with Crippen LogP contribution in [0.2, 0.25) is 0 Å². The molecule has 0 aliphatic rings. The summed E-state index contributed by atoms with van der Waals surface area (Å²) in [5, 5.41) is 8.67. The summed E-state index contributed by atoms with van der Waals surface area (Å²) in [5.74, 6) is 0.162. The van der Waals surface area contributed by atoms with Crippen LogP contribution in [0.4, 0.5) is 5.95 Å². The van der Waals surface area contributed by atoms with E-state index in [0.717, 1.165) is 5.69 Å². The van der Waals surface area contributed by atoms with Crippen LogP contribution in [0.1, 0.15) is 19.0 Å². The number of aliphatic carboxylic acids is 1. The van der Waals surface area contributed by atoms with E-state index in [0.29, 0.717) is 24.9 Å². The van der Waals surface area contributed by atoms with E-state index in [1.807, 2.05) is 18.7 Å². The van der Waals surface area contributed by atoms with Crippen LogP contribution in [-0.2, 0) is 4.79 Å². The molecule has 1 heterocycles. The van der Waals surface area contributed by atoms with Gasteiger partial charge < -0.3 is 14.7 Å². The summed E-state index contributed by atoms with van der Waals surface area (Å²) < 4.78 is 5.06. The average Bonchev–Trinajstić information content (AvgIpc) is 2.28. The van der Waals surface area contributed by atoms with Crippen LogP contribution in [0.15, 0.2) is 6.07 Å². The zero-order chi connectivity index (χ0) is 12.8. The fourth-order valence-electron chi connectivity index (χ4n) is 1.40. The first kappa shape index (κ1) is 13.2. The smallest absolute Gasteiger partial charge is 0.305 e. The quantitative estimate of drug-likeness (QED) is 0.801. The van der Waals surface area contributed by atoms with Gasteiger partial charge in [-0.15, -0.1) is 0 Å². The molecular formula is C11H17N3O3. The first-order valence-corrected chi connectivity index (χ1v) is 5.43. The number of nitrogens with zero attached hydrogens (tertiary/aromatic N) is 3. The molecule has 1 aromatic rings. The van der Waals surface area contributed by atoms with E-state index in [4.69, 9.17) is 9.84 Å². The van der Waals surface area contributed by atoms with Crippen molar-refractivity contribution in [3.63, 3.8) is 0 Å². The minimum Gasteiger partial charge on any atom is -0.481 e. The standard InChI is InChI=1S/C11H17N3O3/c1-4-14(6-5-10(15)16)11-12-8(2)7-9(13-11)17-3/h7H,4-6H2,1-3H3,(H,15,16). The van der Waals surface area contributed by atoms with E-state index in [-0.39, 0.29) is 6.42 Å². The normalized spacial score (nSPS) is 10.1. The van der Waals surface area contributed by atoms with Crippen molar-refractivity contribution in [2.24, 2.45) is 0 Å². The van der Waals surface area contributed by atoms with Crippen LogP contribution in [0.5, 0.6) is 5.88 Å². The number of aryl methyl sites for hydroxylation is 1. The molecule has 6 nitrogen and oxygen atoms in total. The molecule has 0 aromatic carbocycles. The van der Waals surface area contributed by atoms with E-state index < -0.39 is 5.97 Å². The molecule has 0 bridgehead atoms. The van der Waals surface area contributed by atoms with Gasteiger partial charge >= 0.3 is 5.97 Å². The molecule has 17 heavy (non-hydrogen) atoms. The summed E-state index contributed by atoms with van der Waals surface area (Å²) in [6.45, 7) is 4.82. The van der Waals surface area contributed by atoms with Gasteiger partial charge in [0, 0.05) is 24.8 Å². The van der Waals surface area contributed by atoms with Gasteiger partial charge in [0.1, 0.15) is 0 Å². The SMILES string of the molecule is CCN(CCC(=O)O)c1nc(C)cc(OC)n1. The van der Waals surface area contributed by atoms with Crippen molar-refractivity contribution in [3.8, 4) is 5.88 Å². The van der Waals surface area contributed by atoms with Crippen LogP contribution in [0.25, 0.3) is 0 Å². The molecule has 0 amide bonds. The number of carboxylic acid groups (broad SMARTS) is 1. The van der Waals surface area contributed by atoms with Crippen molar-refractivity contribution in [1.82, 2.24) is 9.97 Å². The minimum absolute atomic E-state index is 0.0630. The summed E-state index contributed by atoms with van der Waals surface area (Å²) in [7, 11) is 1.54. The van der Waals surface area contributed by atoms with Gasteiger partial charge in [-0.1, -0.05) is 0 Å². The predicted molar refractivity (Wildman–Crippen MR) is 63.5 cm³/mol. The lowest BCUT2D eigenvalue weighted by atomic mass is 10.4. The Morgan fingerprint density at radius 2 is 2.24 bits per heavy atom. The maximum atomic E-state index is 10.5. The van der Waals surface area contributed by atoms with Gasteiger partial charge in [0.2, 0.25) is 11.8 Å². The van der Waals surface area contributed by atoms with Crippen molar-refractivity contribution < 1.29 is 14.6 Å². The Labute approximate surface area is 100 Å². The number of methoxy groups -OCH3 is 1. The molecule has 0 radical (unpaired) electrons. The molecular weight excluding hydrogens is 222 g/mol. The Morgan fingerprint density at radius 1 is 1.53 bits per heavy atom. The van der Waals surface area contributed by atoms with E-state index in [1.54, 1.807) is 13.2 Å². The number of hydrogen-bond acceptors (Lipinski definition) is 5. The summed E-state index contributed by atoms with van der Waals surface area (Å²) in [6.07, 6.45) is 0.0630. The van der Waals surface area contributed by atoms with Gasteiger partial charge in [0.25, 0.3) is 0 Å². The van der Waals surface area contributed by atoms with Crippen molar-refractivity contribution in [3.05, 3.63) is 11.8 Å². The Balaban J connectivity index is 2.86. The van der Waals surface area contributed by atoms with Crippen LogP contribution in [0, 0.1) is 6.92 Å². The Morgan fingerprint density at radius 3 is 2.76 bits per heavy atom. The van der Waals surface area contributed by atoms with Gasteiger partial charge in [-0.25, -0.2) is 4.98 Å². The summed E-state index contributed by atoms with van der Waals surface area (Å²) >= 11 is 0. The summed E-state index contributed by atoms with van der Waals surface area (Å²) in [4.78, 5) is 20.8. The molecule has 0 aliphatic heterocycles. The summed E-state index contributed by atoms with van der Waals surface area (Å²) in [6, 6.07) is 1.73. The Hall–Kier alpha value is -1.85. The maximum Gasteiger partial charge on any atom is 0.305 e. The lowest BCUT2D eigenvalue weighted by Crippen LogP contribution is -2.27. The van der Waals surface area contributed by atoms with Crippen LogP contribution in [0.3, 0.4) is 0 Å². The number of anilines is 1. The molecule has 6 heteroatoms. The number of aromatic nitrogens is 2. The Kier molecular flexibility index (Phi) is 4.68. The second kappa shape index (κ2) is 6.03. The first-order valence-electron chi connectivity index (χ1n) is 5.43. The van der Waals surface area contributed by atoms with Crippen LogP contribution < -0.4 is 9.64 Å². The second-order valence-corrected chi connectivity index (χ2v) is 3.58.